The van der Waals surface area contributed by atoms with E-state index >= 15 is 0 Å². The molecule has 18 heavy (non-hydrogen) atoms. The van der Waals surface area contributed by atoms with Gasteiger partial charge in [-0.15, -0.1) is 0 Å². The molecule has 1 unspecified atom stereocenters. The maximum atomic E-state index is 2.44. The van der Waals surface area contributed by atoms with Crippen molar-refractivity contribution in [2.24, 2.45) is 17.3 Å². The van der Waals surface area contributed by atoms with E-state index in [-0.39, 0.29) is 17.3 Å². The molecule has 0 spiro atoms. The largest absolute Gasteiger partial charge is 0.153 e. The molecular weight excluding hydrogens is 235 g/mol. The van der Waals surface area contributed by atoms with Gasteiger partial charge in [-0.2, -0.15) is 9.90 Å². The van der Waals surface area contributed by atoms with Crippen molar-refractivity contribution in [3.8, 4) is 0 Å². The molecule has 0 aromatic heterocycles. The first-order chi connectivity index (χ1) is 7.47. The summed E-state index contributed by atoms with van der Waals surface area (Å²) in [7, 11) is 0. The molecule has 0 heterocycles. The SMILES string of the molecule is C.CCC(C)(C)C1CCC(C)CC1.CCCC.P. The molecule has 1 rings (SSSR count). The number of hydrogen-bond donors (Lipinski definition) is 0. The van der Waals surface area contributed by atoms with Crippen LogP contribution in [0.3, 0.4) is 0 Å². The third-order valence-corrected chi connectivity index (χ3v) is 4.53. The second kappa shape index (κ2) is 12.5. The number of unbranched alkanes of at least 4 members (excludes halogenated alkanes) is 1. The van der Waals surface area contributed by atoms with Crippen LogP contribution >= 0.6 is 9.90 Å². The lowest BCUT2D eigenvalue weighted by Crippen LogP contribution is -2.27. The Balaban J connectivity index is -0.000000332. The molecule has 1 fully saturated rings. The second-order valence-corrected chi connectivity index (χ2v) is 6.30. The molecule has 1 atom stereocenters. The highest BCUT2D eigenvalue weighted by atomic mass is 31.0. The lowest BCUT2D eigenvalue weighted by atomic mass is 9.68. The van der Waals surface area contributed by atoms with Crippen LogP contribution < -0.4 is 0 Å². The smallest absolute Gasteiger partial charge is 0.0329 e. The Morgan fingerprint density at radius 3 is 1.56 bits per heavy atom. The van der Waals surface area contributed by atoms with Crippen molar-refractivity contribution in [2.75, 3.05) is 0 Å². The molecule has 0 saturated heterocycles. The van der Waals surface area contributed by atoms with Gasteiger partial charge in [0.1, 0.15) is 0 Å². The van der Waals surface area contributed by atoms with Crippen molar-refractivity contribution in [3.05, 3.63) is 0 Å². The zero-order valence-corrected chi connectivity index (χ0v) is 14.7. The summed E-state index contributed by atoms with van der Waals surface area (Å²) in [6, 6.07) is 0. The predicted molar refractivity (Wildman–Crippen MR) is 93.6 cm³/mol. The Morgan fingerprint density at radius 1 is 0.889 bits per heavy atom. The Hall–Kier alpha value is 0.430. The summed E-state index contributed by atoms with van der Waals surface area (Å²) >= 11 is 0. The van der Waals surface area contributed by atoms with Crippen LogP contribution in [0.1, 0.15) is 93.9 Å². The van der Waals surface area contributed by atoms with Crippen molar-refractivity contribution in [2.45, 2.75) is 93.9 Å². The van der Waals surface area contributed by atoms with Gasteiger partial charge in [0.15, 0.2) is 0 Å². The summed E-state index contributed by atoms with van der Waals surface area (Å²) in [5.41, 5.74) is 0.597. The number of rotatable bonds is 3. The van der Waals surface area contributed by atoms with E-state index in [2.05, 4.69) is 41.5 Å². The van der Waals surface area contributed by atoms with Crippen molar-refractivity contribution < 1.29 is 0 Å². The molecule has 1 saturated carbocycles. The average Bonchev–Trinajstić information content (AvgIpc) is 2.30. The standard InChI is InChI=1S/C12H24.C4H10.CH4.H3P/c1-5-12(3,4)11-8-6-10(2)7-9-11;1-3-4-2;;/h10-11H,5-9H2,1-4H3;3-4H2,1-2H3;1H4;1H3. The van der Waals surface area contributed by atoms with Crippen molar-refractivity contribution in [3.63, 3.8) is 0 Å². The first-order valence-electron chi connectivity index (χ1n) is 7.47. The summed E-state index contributed by atoms with van der Waals surface area (Å²) in [6.07, 6.45) is 9.86. The normalized spacial score (nSPS) is 23.0. The molecule has 0 aromatic rings. The molecule has 0 aromatic carbocycles. The molecule has 114 valence electrons. The zero-order chi connectivity index (χ0) is 12.6. The molecule has 0 amide bonds. The van der Waals surface area contributed by atoms with E-state index in [0.717, 1.165) is 11.8 Å². The van der Waals surface area contributed by atoms with E-state index in [1.807, 2.05) is 0 Å². The molecule has 1 aliphatic carbocycles. The minimum Gasteiger partial charge on any atom is -0.153 e. The second-order valence-electron chi connectivity index (χ2n) is 6.30. The fourth-order valence-electron chi connectivity index (χ4n) is 2.33. The van der Waals surface area contributed by atoms with Crippen molar-refractivity contribution in [1.29, 1.82) is 0 Å². The van der Waals surface area contributed by atoms with Gasteiger partial charge in [0, 0.05) is 0 Å². The van der Waals surface area contributed by atoms with Gasteiger partial charge in [-0.3, -0.25) is 0 Å². The van der Waals surface area contributed by atoms with E-state index in [1.165, 1.54) is 44.9 Å². The van der Waals surface area contributed by atoms with Gasteiger partial charge in [-0.25, -0.2) is 0 Å². The highest BCUT2D eigenvalue weighted by Gasteiger charge is 2.30. The van der Waals surface area contributed by atoms with Gasteiger partial charge >= 0.3 is 0 Å². The highest BCUT2D eigenvalue weighted by Crippen LogP contribution is 2.41. The van der Waals surface area contributed by atoms with Gasteiger partial charge in [-0.05, 0) is 30.1 Å². The summed E-state index contributed by atoms with van der Waals surface area (Å²) in [5.74, 6) is 1.99. The quantitative estimate of drug-likeness (QED) is 0.500. The van der Waals surface area contributed by atoms with E-state index < -0.39 is 0 Å². The summed E-state index contributed by atoms with van der Waals surface area (Å²) in [6.45, 7) is 14.0. The van der Waals surface area contributed by atoms with Crippen LogP contribution in [-0.4, -0.2) is 0 Å². The summed E-state index contributed by atoms with van der Waals surface area (Å²) in [5, 5.41) is 0. The van der Waals surface area contributed by atoms with Crippen LogP contribution in [0.5, 0.6) is 0 Å². The van der Waals surface area contributed by atoms with Crippen LogP contribution in [0.15, 0.2) is 0 Å². The zero-order valence-electron chi connectivity index (χ0n) is 13.3. The average molecular weight is 276 g/mol. The van der Waals surface area contributed by atoms with Crippen LogP contribution in [0.2, 0.25) is 0 Å². The van der Waals surface area contributed by atoms with E-state index in [0.29, 0.717) is 5.41 Å². The van der Waals surface area contributed by atoms with Gasteiger partial charge in [0.05, 0.1) is 0 Å². The molecular formula is C17H41P. The van der Waals surface area contributed by atoms with Crippen molar-refractivity contribution >= 4 is 9.90 Å². The Morgan fingerprint density at radius 2 is 1.28 bits per heavy atom. The van der Waals surface area contributed by atoms with Crippen LogP contribution in [0, 0.1) is 17.3 Å². The first kappa shape index (κ1) is 23.5. The molecule has 0 aliphatic heterocycles. The maximum absolute atomic E-state index is 2.44. The molecule has 0 bridgehead atoms. The minimum atomic E-state index is 0. The van der Waals surface area contributed by atoms with E-state index in [1.54, 1.807) is 0 Å². The van der Waals surface area contributed by atoms with Crippen LogP contribution in [0.4, 0.5) is 0 Å². The topological polar surface area (TPSA) is 0 Å². The Kier molecular flexibility index (Phi) is 16.3. The molecule has 1 heteroatoms. The first-order valence-corrected chi connectivity index (χ1v) is 7.47. The highest BCUT2D eigenvalue weighted by molar-refractivity contribution is 6.92. The Labute approximate surface area is 121 Å². The predicted octanol–water partition coefficient (Wildman–Crippen LogP) is 6.75. The minimum absolute atomic E-state index is 0. The van der Waals surface area contributed by atoms with Gasteiger partial charge in [0.2, 0.25) is 0 Å². The summed E-state index contributed by atoms with van der Waals surface area (Å²) < 4.78 is 0. The van der Waals surface area contributed by atoms with Crippen LogP contribution in [-0.2, 0) is 0 Å². The molecule has 1 aliphatic rings. The Bertz CT molecular complexity index is 153. The monoisotopic (exact) mass is 276 g/mol. The molecule has 0 N–H and O–H groups in total. The number of hydrogen-bond acceptors (Lipinski definition) is 0. The van der Waals surface area contributed by atoms with Gasteiger partial charge in [0.25, 0.3) is 0 Å². The lowest BCUT2D eigenvalue weighted by molar-refractivity contribution is 0.133. The van der Waals surface area contributed by atoms with Gasteiger partial charge < -0.3 is 0 Å². The van der Waals surface area contributed by atoms with Gasteiger partial charge in [-0.1, -0.05) is 81.1 Å². The van der Waals surface area contributed by atoms with E-state index in [4.69, 9.17) is 0 Å². The fraction of sp³-hybridized carbons (Fsp3) is 1.00. The molecule has 0 radical (unpaired) electrons. The lowest BCUT2D eigenvalue weighted by Gasteiger charge is -2.38. The van der Waals surface area contributed by atoms with E-state index in [9.17, 15) is 0 Å². The third-order valence-electron chi connectivity index (χ3n) is 4.53. The fourth-order valence-corrected chi connectivity index (χ4v) is 2.33. The molecule has 0 nitrogen and oxygen atoms in total. The van der Waals surface area contributed by atoms with Crippen LogP contribution in [0.25, 0.3) is 0 Å². The summed E-state index contributed by atoms with van der Waals surface area (Å²) in [4.78, 5) is 0. The maximum Gasteiger partial charge on any atom is -0.0329 e. The third kappa shape index (κ3) is 9.37. The van der Waals surface area contributed by atoms with Crippen molar-refractivity contribution in [1.82, 2.24) is 0 Å².